The van der Waals surface area contributed by atoms with Crippen LogP contribution >= 0.6 is 0 Å². The van der Waals surface area contributed by atoms with Crippen LogP contribution in [0.25, 0.3) is 17.3 Å². The number of fused-ring (bicyclic) bond motifs is 1. The van der Waals surface area contributed by atoms with Gasteiger partial charge in [0.2, 0.25) is 11.9 Å². The number of amides is 1. The molecule has 29 heavy (non-hydrogen) atoms. The average Bonchev–Trinajstić information content (AvgIpc) is 3.49. The standard InChI is InChI=1S/C20H24N8O/c1-3-15-19(29)25-16-12(2)24-20(26-18(16)28(15)14-6-4-5-7-14)27-9-8-21-17(27)13-10-22-23-11-13/h8-11,14-15H,3-7H2,1-2H3,(H,22,23)(H,25,29). The molecule has 9 heteroatoms. The molecule has 1 atom stereocenters. The molecule has 9 nitrogen and oxygen atoms in total. The first-order valence-electron chi connectivity index (χ1n) is 10.2. The number of nitrogens with zero attached hydrogens (tertiary/aromatic N) is 6. The molecule has 0 aromatic carbocycles. The third kappa shape index (κ3) is 2.88. The smallest absolute Gasteiger partial charge is 0.247 e. The largest absolute Gasteiger partial charge is 0.340 e. The molecule has 1 unspecified atom stereocenters. The maximum atomic E-state index is 12.8. The molecule has 4 heterocycles. The maximum absolute atomic E-state index is 12.8. The molecule has 0 radical (unpaired) electrons. The van der Waals surface area contributed by atoms with Crippen LogP contribution in [0.3, 0.4) is 0 Å². The van der Waals surface area contributed by atoms with Crippen LogP contribution in [0.5, 0.6) is 0 Å². The van der Waals surface area contributed by atoms with Crippen LogP contribution in [0, 0.1) is 6.92 Å². The van der Waals surface area contributed by atoms with Crippen molar-refractivity contribution in [3.63, 3.8) is 0 Å². The summed E-state index contributed by atoms with van der Waals surface area (Å²) in [5.41, 5.74) is 2.34. The number of H-pyrrole nitrogens is 1. The Morgan fingerprint density at radius 1 is 1.24 bits per heavy atom. The van der Waals surface area contributed by atoms with Gasteiger partial charge in [-0.3, -0.25) is 14.5 Å². The Morgan fingerprint density at radius 2 is 2.07 bits per heavy atom. The van der Waals surface area contributed by atoms with Crippen molar-refractivity contribution >= 4 is 17.4 Å². The number of hydrogen-bond acceptors (Lipinski definition) is 6. The topological polar surface area (TPSA) is 105 Å². The molecular formula is C20H24N8O. The Kier molecular flexibility index (Phi) is 4.30. The van der Waals surface area contributed by atoms with Crippen molar-refractivity contribution in [3.05, 3.63) is 30.5 Å². The summed E-state index contributed by atoms with van der Waals surface area (Å²) in [6, 6.07) is 0.131. The van der Waals surface area contributed by atoms with Gasteiger partial charge in [-0.05, 0) is 26.2 Å². The number of aryl methyl sites for hydroxylation is 1. The third-order valence-electron chi connectivity index (χ3n) is 5.91. The molecule has 0 saturated heterocycles. The summed E-state index contributed by atoms with van der Waals surface area (Å²) < 4.78 is 1.86. The molecule has 3 aromatic rings. The lowest BCUT2D eigenvalue weighted by atomic mass is 10.0. The van der Waals surface area contributed by atoms with Gasteiger partial charge < -0.3 is 10.2 Å². The zero-order chi connectivity index (χ0) is 20.0. The molecule has 150 valence electrons. The Bertz CT molecular complexity index is 1030. The van der Waals surface area contributed by atoms with Gasteiger partial charge in [0.05, 0.1) is 17.5 Å². The van der Waals surface area contributed by atoms with Crippen LogP contribution in [0.15, 0.2) is 24.8 Å². The SMILES string of the molecule is CCC1C(=O)Nc2c(C)nc(-n3ccnc3-c3cn[nH]c3)nc2N1C1CCCC1. The first kappa shape index (κ1) is 17.8. The summed E-state index contributed by atoms with van der Waals surface area (Å²) in [5, 5.41) is 9.89. The molecule has 0 bridgehead atoms. The molecule has 1 aliphatic heterocycles. The summed E-state index contributed by atoms with van der Waals surface area (Å²) in [6.07, 6.45) is 12.4. The minimum atomic E-state index is -0.205. The highest BCUT2D eigenvalue weighted by Crippen LogP contribution is 2.39. The predicted octanol–water partition coefficient (Wildman–Crippen LogP) is 2.84. The molecule has 1 aliphatic carbocycles. The molecular weight excluding hydrogens is 368 g/mol. The molecule has 2 N–H and O–H groups in total. The quantitative estimate of drug-likeness (QED) is 0.707. The van der Waals surface area contributed by atoms with Gasteiger partial charge in [0.1, 0.15) is 17.6 Å². The van der Waals surface area contributed by atoms with Gasteiger partial charge in [0, 0.05) is 24.6 Å². The van der Waals surface area contributed by atoms with Gasteiger partial charge in [-0.1, -0.05) is 19.8 Å². The highest BCUT2D eigenvalue weighted by Gasteiger charge is 2.39. The highest BCUT2D eigenvalue weighted by atomic mass is 16.2. The number of aromatic amines is 1. The first-order chi connectivity index (χ1) is 14.2. The van der Waals surface area contributed by atoms with Gasteiger partial charge in [0.15, 0.2) is 5.82 Å². The number of carbonyl (C=O) groups excluding carboxylic acids is 1. The van der Waals surface area contributed by atoms with Crippen molar-refractivity contribution < 1.29 is 4.79 Å². The predicted molar refractivity (Wildman–Crippen MR) is 109 cm³/mol. The summed E-state index contributed by atoms with van der Waals surface area (Å²) in [6.45, 7) is 3.97. The Balaban J connectivity index is 1.65. The van der Waals surface area contributed by atoms with E-state index in [0.29, 0.717) is 12.0 Å². The second kappa shape index (κ2) is 6.98. The Hall–Kier alpha value is -3.23. The Morgan fingerprint density at radius 3 is 2.79 bits per heavy atom. The van der Waals surface area contributed by atoms with E-state index in [4.69, 9.17) is 4.98 Å². The van der Waals surface area contributed by atoms with Crippen molar-refractivity contribution in [2.45, 2.75) is 58.0 Å². The fourth-order valence-electron chi connectivity index (χ4n) is 4.51. The van der Waals surface area contributed by atoms with E-state index < -0.39 is 0 Å². The fourth-order valence-corrected chi connectivity index (χ4v) is 4.51. The minimum Gasteiger partial charge on any atom is -0.340 e. The van der Waals surface area contributed by atoms with Crippen molar-refractivity contribution in [2.24, 2.45) is 0 Å². The second-order valence-corrected chi connectivity index (χ2v) is 7.67. The summed E-state index contributed by atoms with van der Waals surface area (Å²) in [5.74, 6) is 2.12. The van der Waals surface area contributed by atoms with E-state index in [-0.39, 0.29) is 11.9 Å². The van der Waals surface area contributed by atoms with E-state index in [1.165, 1.54) is 12.8 Å². The number of imidazole rings is 1. The lowest BCUT2D eigenvalue weighted by Crippen LogP contribution is -2.52. The molecule has 1 fully saturated rings. The van der Waals surface area contributed by atoms with Crippen LogP contribution < -0.4 is 10.2 Å². The summed E-state index contributed by atoms with van der Waals surface area (Å²) in [7, 11) is 0. The second-order valence-electron chi connectivity index (χ2n) is 7.67. The van der Waals surface area contributed by atoms with Gasteiger partial charge in [0.25, 0.3) is 0 Å². The Labute approximate surface area is 168 Å². The first-order valence-corrected chi connectivity index (χ1v) is 10.2. The van der Waals surface area contributed by atoms with Gasteiger partial charge in [-0.2, -0.15) is 10.1 Å². The monoisotopic (exact) mass is 392 g/mol. The van der Waals surface area contributed by atoms with E-state index in [2.05, 4.69) is 37.3 Å². The summed E-state index contributed by atoms with van der Waals surface area (Å²) in [4.78, 5) is 29.1. The molecule has 5 rings (SSSR count). The number of rotatable bonds is 4. The lowest BCUT2D eigenvalue weighted by molar-refractivity contribution is -0.117. The molecule has 3 aromatic heterocycles. The highest BCUT2D eigenvalue weighted by molar-refractivity contribution is 6.03. The zero-order valence-corrected chi connectivity index (χ0v) is 16.6. The van der Waals surface area contributed by atoms with E-state index in [1.54, 1.807) is 18.6 Å². The fraction of sp³-hybridized carbons (Fsp3) is 0.450. The van der Waals surface area contributed by atoms with Crippen LogP contribution in [-0.4, -0.2) is 47.7 Å². The lowest BCUT2D eigenvalue weighted by Gasteiger charge is -2.41. The van der Waals surface area contributed by atoms with Crippen molar-refractivity contribution in [1.29, 1.82) is 0 Å². The molecule has 1 saturated carbocycles. The van der Waals surface area contributed by atoms with E-state index in [1.807, 2.05) is 17.7 Å². The van der Waals surface area contributed by atoms with Crippen LogP contribution in [-0.2, 0) is 4.79 Å². The normalized spacial score (nSPS) is 19.4. The zero-order valence-electron chi connectivity index (χ0n) is 16.6. The van der Waals surface area contributed by atoms with E-state index in [0.717, 1.165) is 47.8 Å². The van der Waals surface area contributed by atoms with E-state index >= 15 is 0 Å². The molecule has 2 aliphatic rings. The summed E-state index contributed by atoms with van der Waals surface area (Å²) >= 11 is 0. The number of carbonyl (C=O) groups is 1. The van der Waals surface area contributed by atoms with Crippen LogP contribution in [0.2, 0.25) is 0 Å². The number of hydrogen-bond donors (Lipinski definition) is 2. The maximum Gasteiger partial charge on any atom is 0.247 e. The van der Waals surface area contributed by atoms with Gasteiger partial charge in [-0.15, -0.1) is 0 Å². The number of aromatic nitrogens is 6. The van der Waals surface area contributed by atoms with Gasteiger partial charge >= 0.3 is 0 Å². The van der Waals surface area contributed by atoms with Crippen LogP contribution in [0.1, 0.15) is 44.7 Å². The third-order valence-corrected chi connectivity index (χ3v) is 5.91. The average molecular weight is 392 g/mol. The molecule has 0 spiro atoms. The number of anilines is 2. The molecule has 1 amide bonds. The van der Waals surface area contributed by atoms with Crippen molar-refractivity contribution in [3.8, 4) is 17.3 Å². The number of nitrogens with one attached hydrogen (secondary N) is 2. The van der Waals surface area contributed by atoms with Crippen LogP contribution in [0.4, 0.5) is 11.5 Å². The van der Waals surface area contributed by atoms with Gasteiger partial charge in [-0.25, -0.2) is 9.97 Å². The van der Waals surface area contributed by atoms with Crippen molar-refractivity contribution in [2.75, 3.05) is 10.2 Å². The minimum absolute atomic E-state index is 0.0352. The van der Waals surface area contributed by atoms with Crippen molar-refractivity contribution in [1.82, 2.24) is 29.7 Å². The van der Waals surface area contributed by atoms with E-state index in [9.17, 15) is 4.79 Å².